The highest BCUT2D eigenvalue weighted by molar-refractivity contribution is 5.87. The third kappa shape index (κ3) is 5.31. The number of hydrogen-bond donors (Lipinski definition) is 2. The lowest BCUT2D eigenvalue weighted by atomic mass is 9.97. The normalized spacial score (nSPS) is 18.5. The number of rotatable bonds is 6. The van der Waals surface area contributed by atoms with Crippen molar-refractivity contribution in [2.24, 2.45) is 11.7 Å². The number of alkyl halides is 3. The Labute approximate surface area is 141 Å². The maximum atomic E-state index is 12.5. The number of aromatic nitrogens is 2. The van der Waals surface area contributed by atoms with Crippen molar-refractivity contribution in [2.75, 3.05) is 13.2 Å². The first kappa shape index (κ1) is 20.1. The van der Waals surface area contributed by atoms with Gasteiger partial charge in [0.25, 0.3) is 0 Å². The van der Waals surface area contributed by atoms with Crippen LogP contribution in [0.5, 0.6) is 5.88 Å². The van der Waals surface area contributed by atoms with Crippen LogP contribution in [0.4, 0.5) is 13.2 Å². The maximum Gasteiger partial charge on any atom is 0.451 e. The van der Waals surface area contributed by atoms with E-state index in [0.717, 1.165) is 12.3 Å². The molecular formula is C13H16ClF3N4O3. The minimum absolute atomic E-state index is 0. The Morgan fingerprint density at radius 3 is 2.79 bits per heavy atom. The minimum atomic E-state index is -4.70. The van der Waals surface area contributed by atoms with Crippen LogP contribution in [0.3, 0.4) is 0 Å². The number of carbonyl (C=O) groups is 2. The molecule has 7 nitrogen and oxygen atoms in total. The second kappa shape index (κ2) is 8.25. The molecule has 1 saturated heterocycles. The van der Waals surface area contributed by atoms with Gasteiger partial charge in [0.2, 0.25) is 17.6 Å². The fraction of sp³-hybridized carbons (Fsp3) is 0.538. The lowest BCUT2D eigenvalue weighted by Crippen LogP contribution is -2.37. The van der Waals surface area contributed by atoms with Crippen LogP contribution in [-0.4, -0.2) is 40.9 Å². The van der Waals surface area contributed by atoms with E-state index in [2.05, 4.69) is 15.3 Å². The van der Waals surface area contributed by atoms with Gasteiger partial charge in [0, 0.05) is 24.7 Å². The standard InChI is InChI=1S/C13H15F3N4O3.ClH/c14-13(15,16)12-19-4-2-10(20-12)23-6-9(21)8(17)5-7-1-3-18-11(7)22;/h2,4,7-8H,1,3,5-6,17H2,(H,18,22);1H/t7-,8-;/m0./s1. The van der Waals surface area contributed by atoms with Gasteiger partial charge in [-0.05, 0) is 12.8 Å². The van der Waals surface area contributed by atoms with Crippen molar-refractivity contribution < 1.29 is 27.5 Å². The molecule has 11 heteroatoms. The molecule has 0 unspecified atom stereocenters. The van der Waals surface area contributed by atoms with Gasteiger partial charge in [-0.15, -0.1) is 12.4 Å². The summed E-state index contributed by atoms with van der Waals surface area (Å²) in [5.41, 5.74) is 5.70. The van der Waals surface area contributed by atoms with E-state index in [0.29, 0.717) is 13.0 Å². The number of halogens is 4. The summed E-state index contributed by atoms with van der Waals surface area (Å²) >= 11 is 0. The van der Waals surface area contributed by atoms with E-state index >= 15 is 0 Å². The quantitative estimate of drug-likeness (QED) is 0.766. The zero-order valence-electron chi connectivity index (χ0n) is 12.4. The Morgan fingerprint density at radius 1 is 1.50 bits per heavy atom. The van der Waals surface area contributed by atoms with E-state index in [4.69, 9.17) is 10.5 Å². The first-order chi connectivity index (χ1) is 10.8. The fourth-order valence-corrected chi connectivity index (χ4v) is 2.12. The number of Topliss-reactive ketones (excluding diaryl/α,β-unsaturated/α-hetero) is 1. The van der Waals surface area contributed by atoms with Crippen LogP contribution in [-0.2, 0) is 15.8 Å². The average Bonchev–Trinajstić information content (AvgIpc) is 2.89. The molecule has 0 radical (unpaired) electrons. The van der Waals surface area contributed by atoms with Crippen molar-refractivity contribution in [1.29, 1.82) is 0 Å². The number of hydrogen-bond acceptors (Lipinski definition) is 6. The summed E-state index contributed by atoms with van der Waals surface area (Å²) in [6.07, 6.45) is -3.04. The van der Waals surface area contributed by atoms with E-state index in [1.165, 1.54) is 0 Å². The zero-order valence-corrected chi connectivity index (χ0v) is 13.2. The highest BCUT2D eigenvalue weighted by Gasteiger charge is 2.35. The van der Waals surface area contributed by atoms with E-state index < -0.39 is 30.4 Å². The Bertz CT molecular complexity index is 600. The lowest BCUT2D eigenvalue weighted by molar-refractivity contribution is -0.145. The van der Waals surface area contributed by atoms with Gasteiger partial charge in [0.1, 0.15) is 6.61 Å². The van der Waals surface area contributed by atoms with E-state index in [1.54, 1.807) is 0 Å². The van der Waals surface area contributed by atoms with Gasteiger partial charge in [0.05, 0.1) is 6.04 Å². The van der Waals surface area contributed by atoms with E-state index in [9.17, 15) is 22.8 Å². The van der Waals surface area contributed by atoms with Gasteiger partial charge in [-0.25, -0.2) is 4.98 Å². The first-order valence-electron chi connectivity index (χ1n) is 6.86. The average molecular weight is 369 g/mol. The van der Waals surface area contributed by atoms with Gasteiger partial charge in [-0.1, -0.05) is 0 Å². The number of nitrogens with two attached hydrogens (primary N) is 1. The van der Waals surface area contributed by atoms with Crippen molar-refractivity contribution in [2.45, 2.75) is 25.1 Å². The first-order valence-corrected chi connectivity index (χ1v) is 6.86. The minimum Gasteiger partial charge on any atom is -0.470 e. The molecule has 1 aliphatic heterocycles. The third-order valence-corrected chi connectivity index (χ3v) is 3.36. The number of nitrogens with zero attached hydrogens (tertiary/aromatic N) is 2. The Hall–Kier alpha value is -1.94. The van der Waals surface area contributed by atoms with E-state index in [1.807, 2.05) is 0 Å². The molecule has 2 rings (SSSR count). The van der Waals surface area contributed by atoms with Gasteiger partial charge >= 0.3 is 6.18 Å². The van der Waals surface area contributed by atoms with Crippen molar-refractivity contribution in [3.8, 4) is 5.88 Å². The monoisotopic (exact) mass is 368 g/mol. The molecule has 0 bridgehead atoms. The molecule has 1 amide bonds. The summed E-state index contributed by atoms with van der Waals surface area (Å²) in [4.78, 5) is 29.5. The predicted molar refractivity (Wildman–Crippen MR) is 78.5 cm³/mol. The maximum absolute atomic E-state index is 12.5. The highest BCUT2D eigenvalue weighted by Crippen LogP contribution is 2.26. The predicted octanol–water partition coefficient (Wildman–Crippen LogP) is 0.719. The number of ether oxygens (including phenoxy) is 1. The van der Waals surface area contributed by atoms with Crippen LogP contribution in [0, 0.1) is 5.92 Å². The molecule has 2 heterocycles. The number of carbonyl (C=O) groups excluding carboxylic acids is 2. The molecule has 1 aromatic heterocycles. The van der Waals surface area contributed by atoms with Crippen molar-refractivity contribution in [1.82, 2.24) is 15.3 Å². The molecule has 0 aliphatic carbocycles. The summed E-state index contributed by atoms with van der Waals surface area (Å²) in [7, 11) is 0. The van der Waals surface area contributed by atoms with Crippen molar-refractivity contribution in [3.63, 3.8) is 0 Å². The highest BCUT2D eigenvalue weighted by atomic mass is 35.5. The van der Waals surface area contributed by atoms with Crippen LogP contribution in [0.25, 0.3) is 0 Å². The molecular weight excluding hydrogens is 353 g/mol. The van der Waals surface area contributed by atoms with E-state index in [-0.39, 0.29) is 36.5 Å². The van der Waals surface area contributed by atoms with Gasteiger partial charge < -0.3 is 15.8 Å². The number of amides is 1. The number of nitrogens with one attached hydrogen (secondary N) is 1. The summed E-state index contributed by atoms with van der Waals surface area (Å²) in [5.74, 6) is -2.72. The molecule has 0 saturated carbocycles. The van der Waals surface area contributed by atoms with Crippen molar-refractivity contribution >= 4 is 24.1 Å². The Morgan fingerprint density at radius 2 is 2.21 bits per heavy atom. The van der Waals surface area contributed by atoms with Crippen LogP contribution in [0.1, 0.15) is 18.7 Å². The molecule has 0 aromatic carbocycles. The SMILES string of the molecule is Cl.N[C@@H](C[C@@H]1CCNC1=O)C(=O)COc1ccnc(C(F)(F)F)n1. The van der Waals surface area contributed by atoms with Crippen molar-refractivity contribution in [3.05, 3.63) is 18.1 Å². The van der Waals surface area contributed by atoms with Crippen LogP contribution in [0.15, 0.2) is 12.3 Å². The topological polar surface area (TPSA) is 107 Å². The smallest absolute Gasteiger partial charge is 0.451 e. The molecule has 24 heavy (non-hydrogen) atoms. The molecule has 134 valence electrons. The lowest BCUT2D eigenvalue weighted by Gasteiger charge is -2.14. The van der Waals surface area contributed by atoms with Gasteiger partial charge in [-0.3, -0.25) is 9.59 Å². The Balaban J connectivity index is 0.00000288. The second-order valence-corrected chi connectivity index (χ2v) is 5.09. The molecule has 0 spiro atoms. The molecule has 1 aliphatic rings. The fourth-order valence-electron chi connectivity index (χ4n) is 2.12. The summed E-state index contributed by atoms with van der Waals surface area (Å²) < 4.78 is 42.3. The summed E-state index contributed by atoms with van der Waals surface area (Å²) in [5, 5.41) is 2.63. The zero-order chi connectivity index (χ0) is 17.0. The second-order valence-electron chi connectivity index (χ2n) is 5.09. The van der Waals surface area contributed by atoms with Crippen LogP contribution < -0.4 is 15.8 Å². The third-order valence-electron chi connectivity index (χ3n) is 3.36. The summed E-state index contributed by atoms with van der Waals surface area (Å²) in [6, 6.07) is 0.186. The number of ketones is 1. The Kier molecular flexibility index (Phi) is 6.91. The summed E-state index contributed by atoms with van der Waals surface area (Å²) in [6.45, 7) is 0.0197. The molecule has 1 aromatic rings. The molecule has 3 N–H and O–H groups in total. The van der Waals surface area contributed by atoms with Gasteiger partial charge in [0.15, 0.2) is 5.78 Å². The largest absolute Gasteiger partial charge is 0.470 e. The van der Waals surface area contributed by atoms with Gasteiger partial charge in [-0.2, -0.15) is 18.2 Å². The molecule has 1 fully saturated rings. The van der Waals surface area contributed by atoms with Crippen LogP contribution in [0.2, 0.25) is 0 Å². The van der Waals surface area contributed by atoms with Crippen LogP contribution >= 0.6 is 12.4 Å². The molecule has 2 atom stereocenters.